The molecule has 0 aliphatic carbocycles. The van der Waals surface area contributed by atoms with Gasteiger partial charge in [-0.15, -0.1) is 0 Å². The van der Waals surface area contributed by atoms with Gasteiger partial charge in [-0.2, -0.15) is 20.1 Å². The minimum atomic E-state index is 0.195. The number of ether oxygens (including phenoxy) is 2. The molecule has 1 aromatic carbocycles. The summed E-state index contributed by atoms with van der Waals surface area (Å²) in [6.45, 7) is 3.82. The summed E-state index contributed by atoms with van der Waals surface area (Å²) in [4.78, 5) is 15.2. The van der Waals surface area contributed by atoms with Crippen LogP contribution in [-0.4, -0.2) is 72.8 Å². The van der Waals surface area contributed by atoms with Crippen molar-refractivity contribution in [3.05, 3.63) is 30.1 Å². The Kier molecular flexibility index (Phi) is 6.72. The number of aromatic hydroxyl groups is 1. The molecule has 3 rings (SSSR count). The molecular weight excluding hydrogens is 350 g/mol. The lowest BCUT2D eigenvalue weighted by Crippen LogP contribution is -2.37. The van der Waals surface area contributed by atoms with Crippen LogP contribution in [0.1, 0.15) is 5.82 Å². The zero-order chi connectivity index (χ0) is 18.9. The maximum atomic E-state index is 9.31. The number of phenols is 1. The Morgan fingerprint density at radius 2 is 2.00 bits per heavy atom. The summed E-state index contributed by atoms with van der Waals surface area (Å²) < 4.78 is 11.0. The number of anilines is 2. The van der Waals surface area contributed by atoms with E-state index in [1.165, 1.54) is 6.21 Å². The van der Waals surface area contributed by atoms with Crippen LogP contribution in [0, 0.1) is 0 Å². The topological polar surface area (TPSA) is 117 Å². The van der Waals surface area contributed by atoms with Crippen LogP contribution in [0.2, 0.25) is 0 Å². The molecule has 1 saturated heterocycles. The van der Waals surface area contributed by atoms with Gasteiger partial charge in [0, 0.05) is 19.6 Å². The lowest BCUT2D eigenvalue weighted by Gasteiger charge is -2.26. The summed E-state index contributed by atoms with van der Waals surface area (Å²) in [6, 6.07) is 6.83. The van der Waals surface area contributed by atoms with E-state index >= 15 is 0 Å². The number of phenolic OH excluding ortho intramolecular Hbond substituents is 1. The third-order valence-corrected chi connectivity index (χ3v) is 3.74. The van der Waals surface area contributed by atoms with Gasteiger partial charge in [0.15, 0.2) is 5.82 Å². The van der Waals surface area contributed by atoms with E-state index in [-0.39, 0.29) is 11.8 Å². The molecule has 0 atom stereocenters. The number of nitrogens with zero attached hydrogens (tertiary/aromatic N) is 5. The summed E-state index contributed by atoms with van der Waals surface area (Å²) in [5.41, 5.74) is 3.60. The predicted molar refractivity (Wildman–Crippen MR) is 102 cm³/mol. The fourth-order valence-corrected chi connectivity index (χ4v) is 2.33. The quantitative estimate of drug-likeness (QED) is 0.262. The van der Waals surface area contributed by atoms with Crippen molar-refractivity contribution >= 4 is 17.9 Å². The van der Waals surface area contributed by atoms with Crippen molar-refractivity contribution < 1.29 is 14.6 Å². The Morgan fingerprint density at radius 3 is 2.74 bits per heavy atom. The van der Waals surface area contributed by atoms with Gasteiger partial charge in [-0.1, -0.05) is 0 Å². The maximum Gasteiger partial charge on any atom is 0.321 e. The number of nitrogens with one attached hydrogen (secondary N) is 2. The summed E-state index contributed by atoms with van der Waals surface area (Å²) in [5, 5.41) is 16.5. The van der Waals surface area contributed by atoms with E-state index in [4.69, 9.17) is 9.47 Å². The SMILES string of the molecule is CNCCOc1nc(C=NNc2ccc(O)cc2)nc(N2CCOCC2)n1. The van der Waals surface area contributed by atoms with E-state index < -0.39 is 0 Å². The smallest absolute Gasteiger partial charge is 0.321 e. The average Bonchev–Trinajstić information content (AvgIpc) is 2.70. The number of benzene rings is 1. The molecule has 10 nitrogen and oxygen atoms in total. The molecule has 1 aliphatic heterocycles. The van der Waals surface area contributed by atoms with Crippen molar-refractivity contribution in [1.29, 1.82) is 0 Å². The number of aromatic nitrogens is 3. The molecule has 0 unspecified atom stereocenters. The van der Waals surface area contributed by atoms with Crippen LogP contribution in [0.15, 0.2) is 29.4 Å². The zero-order valence-electron chi connectivity index (χ0n) is 15.1. The van der Waals surface area contributed by atoms with Gasteiger partial charge in [0.25, 0.3) is 0 Å². The highest BCUT2D eigenvalue weighted by Gasteiger charge is 2.16. The predicted octanol–water partition coefficient (Wildman–Crippen LogP) is 0.458. The Balaban J connectivity index is 1.73. The zero-order valence-corrected chi connectivity index (χ0v) is 15.1. The first-order valence-corrected chi connectivity index (χ1v) is 8.69. The van der Waals surface area contributed by atoms with Gasteiger partial charge in [0.2, 0.25) is 5.95 Å². The van der Waals surface area contributed by atoms with E-state index in [1.54, 1.807) is 24.3 Å². The molecule has 3 N–H and O–H groups in total. The first kappa shape index (κ1) is 18.8. The van der Waals surface area contributed by atoms with Gasteiger partial charge in [0.05, 0.1) is 25.1 Å². The first-order valence-electron chi connectivity index (χ1n) is 8.69. The van der Waals surface area contributed by atoms with Crippen molar-refractivity contribution in [3.63, 3.8) is 0 Å². The second-order valence-electron chi connectivity index (χ2n) is 5.74. The largest absolute Gasteiger partial charge is 0.508 e. The number of likely N-dealkylation sites (N-methyl/N-ethyl adjacent to an activating group) is 1. The molecule has 0 radical (unpaired) electrons. The fraction of sp³-hybridized carbons (Fsp3) is 0.412. The van der Waals surface area contributed by atoms with Crippen LogP contribution in [0.25, 0.3) is 0 Å². The normalized spacial score (nSPS) is 14.5. The number of hydrogen-bond donors (Lipinski definition) is 3. The third-order valence-electron chi connectivity index (χ3n) is 3.74. The van der Waals surface area contributed by atoms with Gasteiger partial charge < -0.3 is 24.8 Å². The molecular formula is C17H23N7O3. The van der Waals surface area contributed by atoms with Crippen molar-refractivity contribution in [1.82, 2.24) is 20.3 Å². The van der Waals surface area contributed by atoms with Crippen LogP contribution >= 0.6 is 0 Å². The van der Waals surface area contributed by atoms with Crippen LogP contribution in [0.4, 0.5) is 11.6 Å². The molecule has 1 fully saturated rings. The Hall–Kier alpha value is -2.98. The van der Waals surface area contributed by atoms with E-state index in [0.29, 0.717) is 51.2 Å². The Morgan fingerprint density at radius 1 is 1.22 bits per heavy atom. The van der Waals surface area contributed by atoms with Gasteiger partial charge in [0.1, 0.15) is 12.4 Å². The maximum absolute atomic E-state index is 9.31. The highest BCUT2D eigenvalue weighted by atomic mass is 16.5. The van der Waals surface area contributed by atoms with Gasteiger partial charge in [-0.25, -0.2) is 0 Å². The van der Waals surface area contributed by atoms with Gasteiger partial charge in [-0.05, 0) is 31.3 Å². The molecule has 0 bridgehead atoms. The third kappa shape index (κ3) is 5.76. The molecule has 144 valence electrons. The number of morpholine rings is 1. The molecule has 2 aromatic rings. The van der Waals surface area contributed by atoms with E-state index in [0.717, 1.165) is 5.69 Å². The molecule has 10 heteroatoms. The lowest BCUT2D eigenvalue weighted by molar-refractivity contribution is 0.122. The molecule has 27 heavy (non-hydrogen) atoms. The fourth-order valence-electron chi connectivity index (χ4n) is 2.33. The Labute approximate surface area is 157 Å². The van der Waals surface area contributed by atoms with Crippen LogP contribution in [-0.2, 0) is 4.74 Å². The molecule has 0 saturated carbocycles. The average molecular weight is 373 g/mol. The van der Waals surface area contributed by atoms with Crippen LogP contribution < -0.4 is 20.4 Å². The molecule has 1 aromatic heterocycles. The number of rotatable bonds is 8. The van der Waals surface area contributed by atoms with E-state index in [2.05, 4.69) is 30.8 Å². The van der Waals surface area contributed by atoms with Crippen molar-refractivity contribution in [2.24, 2.45) is 5.10 Å². The summed E-state index contributed by atoms with van der Waals surface area (Å²) >= 11 is 0. The summed E-state index contributed by atoms with van der Waals surface area (Å²) in [5.74, 6) is 1.12. The number of hydrogen-bond acceptors (Lipinski definition) is 10. The minimum Gasteiger partial charge on any atom is -0.508 e. The van der Waals surface area contributed by atoms with Crippen LogP contribution in [0.3, 0.4) is 0 Å². The molecule has 0 spiro atoms. The lowest BCUT2D eigenvalue weighted by atomic mass is 10.3. The highest BCUT2D eigenvalue weighted by Crippen LogP contribution is 2.15. The van der Waals surface area contributed by atoms with Crippen molar-refractivity contribution in [3.8, 4) is 11.8 Å². The highest BCUT2D eigenvalue weighted by molar-refractivity contribution is 5.75. The van der Waals surface area contributed by atoms with Crippen LogP contribution in [0.5, 0.6) is 11.8 Å². The first-order chi connectivity index (χ1) is 13.2. The Bertz CT molecular complexity index is 749. The standard InChI is InChI=1S/C17H23N7O3/c1-18-6-9-27-17-21-15(12-19-23-13-2-4-14(25)5-3-13)20-16(22-17)24-7-10-26-11-8-24/h2-5,12,18,23,25H,6-11H2,1H3. The van der Waals surface area contributed by atoms with Crippen molar-refractivity contribution in [2.45, 2.75) is 0 Å². The van der Waals surface area contributed by atoms with E-state index in [1.807, 2.05) is 11.9 Å². The van der Waals surface area contributed by atoms with Crippen molar-refractivity contribution in [2.75, 3.05) is 56.8 Å². The molecule has 0 amide bonds. The second-order valence-corrected chi connectivity index (χ2v) is 5.74. The minimum absolute atomic E-state index is 0.195. The van der Waals surface area contributed by atoms with Gasteiger partial charge >= 0.3 is 6.01 Å². The number of hydrazone groups is 1. The summed E-state index contributed by atoms with van der Waals surface area (Å²) in [6.07, 6.45) is 1.50. The molecule has 2 heterocycles. The van der Waals surface area contributed by atoms with E-state index in [9.17, 15) is 5.11 Å². The summed E-state index contributed by atoms with van der Waals surface area (Å²) in [7, 11) is 1.85. The second kappa shape index (κ2) is 9.64. The van der Waals surface area contributed by atoms with Gasteiger partial charge in [-0.3, -0.25) is 5.43 Å². The monoisotopic (exact) mass is 373 g/mol. The molecule has 1 aliphatic rings.